The van der Waals surface area contributed by atoms with E-state index >= 15 is 0 Å². The van der Waals surface area contributed by atoms with E-state index in [9.17, 15) is 4.39 Å². The fourth-order valence-electron chi connectivity index (χ4n) is 2.31. The number of hydrogen-bond donors (Lipinski definition) is 1. The van der Waals surface area contributed by atoms with Gasteiger partial charge in [0.1, 0.15) is 5.76 Å². The average Bonchev–Trinajstić information content (AvgIpc) is 3.00. The Labute approximate surface area is 142 Å². The second-order valence-electron chi connectivity index (χ2n) is 4.58. The third-order valence-corrected chi connectivity index (χ3v) is 5.59. The van der Waals surface area contributed by atoms with Gasteiger partial charge >= 0.3 is 0 Å². The predicted molar refractivity (Wildman–Crippen MR) is 91.4 cm³/mol. The molecule has 1 atom stereocenters. The largest absolute Gasteiger partial charge is 0.456 e. The van der Waals surface area contributed by atoms with Crippen LogP contribution >= 0.6 is 43.2 Å². The minimum Gasteiger partial charge on any atom is -0.456 e. The quantitative estimate of drug-likeness (QED) is 0.558. The minimum absolute atomic E-state index is 0.112. The maximum Gasteiger partial charge on any atom is 0.169 e. The Morgan fingerprint density at radius 3 is 2.76 bits per heavy atom. The monoisotopic (exact) mass is 431 g/mol. The normalized spacial score (nSPS) is 13.0. The van der Waals surface area contributed by atoms with Crippen molar-refractivity contribution in [2.45, 2.75) is 13.0 Å². The fraction of sp³-hybridized carbons (Fsp3) is 0.200. The van der Waals surface area contributed by atoms with Crippen LogP contribution in [0.1, 0.15) is 24.3 Å². The molecule has 0 radical (unpaired) electrons. The van der Waals surface area contributed by atoms with Crippen molar-refractivity contribution in [1.82, 2.24) is 5.32 Å². The topological polar surface area (TPSA) is 25.2 Å². The van der Waals surface area contributed by atoms with Crippen molar-refractivity contribution in [2.75, 3.05) is 6.54 Å². The lowest BCUT2D eigenvalue weighted by Gasteiger charge is -2.14. The average molecular weight is 433 g/mol. The molecule has 2 nitrogen and oxygen atoms in total. The van der Waals surface area contributed by atoms with Crippen LogP contribution in [0.25, 0.3) is 11.0 Å². The molecule has 1 aromatic carbocycles. The Balaban J connectivity index is 2.11. The van der Waals surface area contributed by atoms with Gasteiger partial charge in [0.05, 0.1) is 13.6 Å². The van der Waals surface area contributed by atoms with Crippen molar-refractivity contribution in [3.05, 3.63) is 55.0 Å². The van der Waals surface area contributed by atoms with E-state index in [2.05, 4.69) is 37.2 Å². The number of furan rings is 1. The van der Waals surface area contributed by atoms with Gasteiger partial charge < -0.3 is 9.73 Å². The Morgan fingerprint density at radius 1 is 1.33 bits per heavy atom. The standard InChI is InChI=1S/C15H12Br2FNOS/c1-2-19-13(9-7-12(16)21-15(9)17)11-6-8-4-3-5-10(18)14(8)20-11/h3-7,13,19H,2H2,1H3. The predicted octanol–water partition coefficient (Wildman–Crippen LogP) is 5.86. The number of hydrogen-bond acceptors (Lipinski definition) is 3. The summed E-state index contributed by atoms with van der Waals surface area (Å²) in [7, 11) is 0. The lowest BCUT2D eigenvalue weighted by atomic mass is 10.1. The van der Waals surface area contributed by atoms with Gasteiger partial charge in [0, 0.05) is 10.9 Å². The van der Waals surface area contributed by atoms with Crippen LogP contribution in [0.2, 0.25) is 0 Å². The first kappa shape index (κ1) is 15.2. The van der Waals surface area contributed by atoms with E-state index in [0.29, 0.717) is 11.3 Å². The zero-order chi connectivity index (χ0) is 15.0. The maximum absolute atomic E-state index is 13.8. The molecular formula is C15H12Br2FNOS. The Kier molecular flexibility index (Phi) is 4.49. The molecule has 1 unspecified atom stereocenters. The van der Waals surface area contributed by atoms with Crippen molar-refractivity contribution in [1.29, 1.82) is 0 Å². The molecule has 0 saturated heterocycles. The zero-order valence-corrected chi connectivity index (χ0v) is 15.1. The van der Waals surface area contributed by atoms with Crippen LogP contribution < -0.4 is 5.32 Å². The van der Waals surface area contributed by atoms with Gasteiger partial charge in [-0.2, -0.15) is 0 Å². The lowest BCUT2D eigenvalue weighted by molar-refractivity contribution is 0.465. The number of benzene rings is 1. The van der Waals surface area contributed by atoms with E-state index in [-0.39, 0.29) is 11.9 Å². The SMILES string of the molecule is CCNC(c1cc2cccc(F)c2o1)c1cc(Br)sc1Br. The van der Waals surface area contributed by atoms with E-state index in [1.165, 1.54) is 6.07 Å². The molecule has 6 heteroatoms. The highest BCUT2D eigenvalue weighted by Gasteiger charge is 2.22. The van der Waals surface area contributed by atoms with Gasteiger partial charge in [-0.1, -0.05) is 19.1 Å². The van der Waals surface area contributed by atoms with Crippen LogP contribution in [-0.4, -0.2) is 6.54 Å². The highest BCUT2D eigenvalue weighted by Crippen LogP contribution is 2.39. The van der Waals surface area contributed by atoms with Crippen LogP contribution in [0.15, 0.2) is 42.3 Å². The second-order valence-corrected chi connectivity index (χ2v) is 8.33. The fourth-order valence-corrected chi connectivity index (χ4v) is 5.21. The number of fused-ring (bicyclic) bond motifs is 1. The number of halogens is 3. The third kappa shape index (κ3) is 2.95. The Hall–Kier alpha value is -0.690. The molecular weight excluding hydrogens is 421 g/mol. The van der Waals surface area contributed by atoms with Gasteiger partial charge in [0.15, 0.2) is 11.4 Å². The molecule has 0 aliphatic heterocycles. The molecule has 0 amide bonds. The summed E-state index contributed by atoms with van der Waals surface area (Å²) in [5.74, 6) is 0.377. The van der Waals surface area contributed by atoms with Crippen LogP contribution in [0.4, 0.5) is 4.39 Å². The summed E-state index contributed by atoms with van der Waals surface area (Å²) in [6.07, 6.45) is 0. The van der Waals surface area contributed by atoms with Gasteiger partial charge in [-0.25, -0.2) is 4.39 Å². The first-order chi connectivity index (χ1) is 10.1. The third-order valence-electron chi connectivity index (χ3n) is 3.20. The van der Waals surface area contributed by atoms with Crippen LogP contribution in [0.3, 0.4) is 0 Å². The summed E-state index contributed by atoms with van der Waals surface area (Å²) in [6, 6.07) is 8.78. The molecule has 3 aromatic rings. The molecule has 0 fully saturated rings. The smallest absolute Gasteiger partial charge is 0.169 e. The van der Waals surface area contributed by atoms with Crippen molar-refractivity contribution in [3.63, 3.8) is 0 Å². The lowest BCUT2D eigenvalue weighted by Crippen LogP contribution is -2.21. The molecule has 3 rings (SSSR count). The van der Waals surface area contributed by atoms with E-state index in [1.54, 1.807) is 17.4 Å². The summed E-state index contributed by atoms with van der Waals surface area (Å²) in [5.41, 5.74) is 1.38. The van der Waals surface area contributed by atoms with Crippen LogP contribution in [0.5, 0.6) is 0 Å². The summed E-state index contributed by atoms with van der Waals surface area (Å²) in [4.78, 5) is 0. The van der Waals surface area contributed by atoms with Gasteiger partial charge in [0.2, 0.25) is 0 Å². The summed E-state index contributed by atoms with van der Waals surface area (Å²) in [6.45, 7) is 2.82. The number of thiophene rings is 1. The first-order valence-corrected chi connectivity index (χ1v) is 8.86. The number of para-hydroxylation sites is 1. The molecule has 0 aliphatic rings. The van der Waals surface area contributed by atoms with E-state index < -0.39 is 0 Å². The molecule has 0 bridgehead atoms. The summed E-state index contributed by atoms with van der Waals surface area (Å²) in [5, 5.41) is 4.17. The first-order valence-electron chi connectivity index (χ1n) is 6.46. The maximum atomic E-state index is 13.8. The van der Waals surface area contributed by atoms with E-state index in [1.807, 2.05) is 25.1 Å². The molecule has 110 valence electrons. The van der Waals surface area contributed by atoms with E-state index in [0.717, 1.165) is 25.1 Å². The van der Waals surface area contributed by atoms with E-state index in [4.69, 9.17) is 4.42 Å². The van der Waals surface area contributed by atoms with Gasteiger partial charge in [-0.15, -0.1) is 11.3 Å². The molecule has 0 aliphatic carbocycles. The molecule has 2 aromatic heterocycles. The summed E-state index contributed by atoms with van der Waals surface area (Å²) < 4.78 is 21.6. The Morgan fingerprint density at radius 2 is 2.14 bits per heavy atom. The van der Waals surface area contributed by atoms with Gasteiger partial charge in [-0.05, 0) is 56.6 Å². The van der Waals surface area contributed by atoms with Gasteiger partial charge in [-0.3, -0.25) is 0 Å². The van der Waals surface area contributed by atoms with Crippen molar-refractivity contribution < 1.29 is 8.81 Å². The number of nitrogens with one attached hydrogen (secondary N) is 1. The molecule has 0 spiro atoms. The van der Waals surface area contributed by atoms with Gasteiger partial charge in [0.25, 0.3) is 0 Å². The second kappa shape index (κ2) is 6.20. The molecule has 1 N–H and O–H groups in total. The highest BCUT2D eigenvalue weighted by molar-refractivity contribution is 9.12. The zero-order valence-electron chi connectivity index (χ0n) is 11.1. The van der Waals surface area contributed by atoms with Crippen LogP contribution in [0, 0.1) is 5.82 Å². The summed E-state index contributed by atoms with van der Waals surface area (Å²) >= 11 is 8.67. The molecule has 2 heterocycles. The minimum atomic E-state index is -0.334. The van der Waals surface area contributed by atoms with Crippen LogP contribution in [-0.2, 0) is 0 Å². The van der Waals surface area contributed by atoms with Crippen molar-refractivity contribution >= 4 is 54.2 Å². The number of rotatable bonds is 4. The highest BCUT2D eigenvalue weighted by atomic mass is 79.9. The molecule has 0 saturated carbocycles. The van der Waals surface area contributed by atoms with Crippen molar-refractivity contribution in [2.24, 2.45) is 0 Å². The molecule has 21 heavy (non-hydrogen) atoms. The Bertz CT molecular complexity index is 783. The van der Waals surface area contributed by atoms with Crippen molar-refractivity contribution in [3.8, 4) is 0 Å².